The van der Waals surface area contributed by atoms with E-state index in [0.29, 0.717) is 12.1 Å². The van der Waals surface area contributed by atoms with Gasteiger partial charge in [0.2, 0.25) is 0 Å². The average molecular weight is 289 g/mol. The molecule has 0 bridgehead atoms. The number of ether oxygens (including phenoxy) is 1. The van der Waals surface area contributed by atoms with E-state index in [9.17, 15) is 13.2 Å². The summed E-state index contributed by atoms with van der Waals surface area (Å²) in [5.74, 6) is 0. The zero-order valence-corrected chi connectivity index (χ0v) is 12.1. The zero-order valence-electron chi connectivity index (χ0n) is 12.1. The van der Waals surface area contributed by atoms with Crippen LogP contribution in [0.2, 0.25) is 0 Å². The first kappa shape index (κ1) is 17.0. The molecule has 1 N–H and O–H groups in total. The van der Waals surface area contributed by atoms with Crippen molar-refractivity contribution in [3.05, 3.63) is 35.4 Å². The van der Waals surface area contributed by atoms with Gasteiger partial charge in [0.1, 0.15) is 0 Å². The second kappa shape index (κ2) is 7.64. The first-order valence-electron chi connectivity index (χ1n) is 6.87. The van der Waals surface area contributed by atoms with Crippen LogP contribution < -0.4 is 5.32 Å². The minimum absolute atomic E-state index is 0.136. The van der Waals surface area contributed by atoms with Gasteiger partial charge >= 0.3 is 6.18 Å². The highest BCUT2D eigenvalue weighted by Crippen LogP contribution is 2.32. The third-order valence-electron chi connectivity index (χ3n) is 3.24. The van der Waals surface area contributed by atoms with Crippen molar-refractivity contribution < 1.29 is 17.9 Å². The van der Waals surface area contributed by atoms with E-state index in [2.05, 4.69) is 5.32 Å². The van der Waals surface area contributed by atoms with Crippen LogP contribution in [-0.4, -0.2) is 19.8 Å². The Hall–Kier alpha value is -1.07. The fourth-order valence-electron chi connectivity index (χ4n) is 2.30. The van der Waals surface area contributed by atoms with Gasteiger partial charge in [0.15, 0.2) is 0 Å². The molecule has 0 heterocycles. The maximum absolute atomic E-state index is 12.8. The summed E-state index contributed by atoms with van der Waals surface area (Å²) in [5.41, 5.74) is -0.00812. The van der Waals surface area contributed by atoms with E-state index >= 15 is 0 Å². The Morgan fingerprint density at radius 2 is 1.95 bits per heavy atom. The molecule has 0 radical (unpaired) electrons. The number of benzene rings is 1. The van der Waals surface area contributed by atoms with Gasteiger partial charge in [0, 0.05) is 7.11 Å². The fraction of sp³-hybridized carbons (Fsp3) is 0.600. The Kier molecular flexibility index (Phi) is 6.49. The number of nitrogens with one attached hydrogen (secondary N) is 1. The molecule has 2 nitrogen and oxygen atoms in total. The Labute approximate surface area is 118 Å². The van der Waals surface area contributed by atoms with Gasteiger partial charge in [-0.2, -0.15) is 13.2 Å². The molecule has 0 saturated heterocycles. The summed E-state index contributed by atoms with van der Waals surface area (Å²) in [5, 5.41) is 3.22. The van der Waals surface area contributed by atoms with Crippen LogP contribution in [0.25, 0.3) is 0 Å². The van der Waals surface area contributed by atoms with Gasteiger partial charge in [0.05, 0.1) is 17.7 Å². The Balaban J connectivity index is 3.08. The predicted octanol–water partition coefficient (Wildman–Crippen LogP) is 4.17. The van der Waals surface area contributed by atoms with Crippen molar-refractivity contribution in [1.29, 1.82) is 0 Å². The Morgan fingerprint density at radius 3 is 2.45 bits per heavy atom. The first-order valence-corrected chi connectivity index (χ1v) is 6.87. The lowest BCUT2D eigenvalue weighted by atomic mass is 9.96. The van der Waals surface area contributed by atoms with E-state index in [1.165, 1.54) is 12.1 Å². The molecule has 2 atom stereocenters. The van der Waals surface area contributed by atoms with E-state index in [-0.39, 0.29) is 12.1 Å². The van der Waals surface area contributed by atoms with Crippen LogP contribution in [0.4, 0.5) is 13.2 Å². The van der Waals surface area contributed by atoms with Crippen molar-refractivity contribution in [3.8, 4) is 0 Å². The van der Waals surface area contributed by atoms with Gasteiger partial charge in [-0.15, -0.1) is 0 Å². The van der Waals surface area contributed by atoms with Gasteiger partial charge in [-0.1, -0.05) is 32.4 Å². The van der Waals surface area contributed by atoms with Crippen LogP contribution in [-0.2, 0) is 10.9 Å². The highest BCUT2D eigenvalue weighted by molar-refractivity contribution is 5.28. The minimum Gasteiger partial charge on any atom is -0.379 e. The summed E-state index contributed by atoms with van der Waals surface area (Å²) in [6.07, 6.45) is -2.74. The molecule has 114 valence electrons. The molecule has 1 aromatic rings. The van der Waals surface area contributed by atoms with E-state index in [1.807, 2.05) is 13.8 Å². The standard InChI is InChI=1S/C15H22F3NO/c1-4-7-13(20-3)14(19-5-2)11-8-6-9-12(10-11)15(16,17)18/h6,8-10,13-14,19H,4-5,7H2,1-3H3. The number of rotatable bonds is 7. The number of likely N-dealkylation sites (N-methyl/N-ethyl adjacent to an activating group) is 1. The topological polar surface area (TPSA) is 21.3 Å². The number of methoxy groups -OCH3 is 1. The van der Waals surface area contributed by atoms with Crippen LogP contribution in [0.1, 0.15) is 43.9 Å². The molecular weight excluding hydrogens is 267 g/mol. The molecule has 1 aromatic carbocycles. The van der Waals surface area contributed by atoms with Crippen LogP contribution in [0, 0.1) is 0 Å². The van der Waals surface area contributed by atoms with Crippen LogP contribution in [0.5, 0.6) is 0 Å². The molecule has 1 rings (SSSR count). The molecule has 2 unspecified atom stereocenters. The lowest BCUT2D eigenvalue weighted by molar-refractivity contribution is -0.137. The monoisotopic (exact) mass is 289 g/mol. The Morgan fingerprint density at radius 1 is 1.25 bits per heavy atom. The van der Waals surface area contributed by atoms with E-state index < -0.39 is 11.7 Å². The average Bonchev–Trinajstić information content (AvgIpc) is 2.42. The summed E-state index contributed by atoms with van der Waals surface area (Å²) in [7, 11) is 1.60. The van der Waals surface area contributed by atoms with E-state index in [4.69, 9.17) is 4.74 Å². The predicted molar refractivity (Wildman–Crippen MR) is 73.6 cm³/mol. The van der Waals surface area contributed by atoms with Crippen molar-refractivity contribution in [1.82, 2.24) is 5.32 Å². The second-order valence-corrected chi connectivity index (χ2v) is 4.72. The zero-order chi connectivity index (χ0) is 15.2. The normalized spacial score (nSPS) is 15.1. The smallest absolute Gasteiger partial charge is 0.379 e. The lowest BCUT2D eigenvalue weighted by Gasteiger charge is -2.27. The third kappa shape index (κ3) is 4.49. The van der Waals surface area contributed by atoms with Crippen molar-refractivity contribution in [2.24, 2.45) is 0 Å². The van der Waals surface area contributed by atoms with Gasteiger partial charge in [-0.3, -0.25) is 0 Å². The lowest BCUT2D eigenvalue weighted by Crippen LogP contribution is -2.33. The molecule has 20 heavy (non-hydrogen) atoms. The van der Waals surface area contributed by atoms with E-state index in [0.717, 1.165) is 18.9 Å². The highest BCUT2D eigenvalue weighted by Gasteiger charge is 2.31. The minimum atomic E-state index is -4.32. The summed E-state index contributed by atoms with van der Waals surface area (Å²) in [6.45, 7) is 4.63. The summed E-state index contributed by atoms with van der Waals surface area (Å²) >= 11 is 0. The van der Waals surface area contributed by atoms with Gasteiger partial charge in [-0.05, 0) is 30.7 Å². The van der Waals surface area contributed by atoms with Crippen molar-refractivity contribution in [2.45, 2.75) is 45.0 Å². The van der Waals surface area contributed by atoms with Crippen LogP contribution in [0.15, 0.2) is 24.3 Å². The molecular formula is C15H22F3NO. The van der Waals surface area contributed by atoms with Crippen molar-refractivity contribution in [2.75, 3.05) is 13.7 Å². The molecule has 0 aromatic heterocycles. The number of halogens is 3. The number of hydrogen-bond acceptors (Lipinski definition) is 2. The summed E-state index contributed by atoms with van der Waals surface area (Å²) < 4.78 is 43.8. The van der Waals surface area contributed by atoms with Gasteiger partial charge in [-0.25, -0.2) is 0 Å². The summed E-state index contributed by atoms with van der Waals surface area (Å²) in [4.78, 5) is 0. The molecule has 5 heteroatoms. The molecule has 0 fully saturated rings. The summed E-state index contributed by atoms with van der Waals surface area (Å²) in [6, 6.07) is 5.22. The third-order valence-corrected chi connectivity index (χ3v) is 3.24. The first-order chi connectivity index (χ1) is 9.43. The van der Waals surface area contributed by atoms with Crippen LogP contribution >= 0.6 is 0 Å². The molecule has 0 saturated carbocycles. The van der Waals surface area contributed by atoms with E-state index in [1.54, 1.807) is 13.2 Å². The van der Waals surface area contributed by atoms with Crippen molar-refractivity contribution in [3.63, 3.8) is 0 Å². The fourth-order valence-corrected chi connectivity index (χ4v) is 2.30. The van der Waals surface area contributed by atoms with Crippen molar-refractivity contribution >= 4 is 0 Å². The van der Waals surface area contributed by atoms with Crippen LogP contribution in [0.3, 0.4) is 0 Å². The molecule has 0 aliphatic rings. The molecule has 0 amide bonds. The quantitative estimate of drug-likeness (QED) is 0.813. The Bertz CT molecular complexity index is 406. The largest absolute Gasteiger partial charge is 0.416 e. The molecule has 0 spiro atoms. The second-order valence-electron chi connectivity index (χ2n) is 4.72. The molecule has 0 aliphatic carbocycles. The SMILES string of the molecule is CCCC(OC)C(NCC)c1cccc(C(F)(F)F)c1. The number of hydrogen-bond donors (Lipinski definition) is 1. The highest BCUT2D eigenvalue weighted by atomic mass is 19.4. The molecule has 0 aliphatic heterocycles. The number of alkyl halides is 3. The maximum Gasteiger partial charge on any atom is 0.416 e. The van der Waals surface area contributed by atoms with Gasteiger partial charge < -0.3 is 10.1 Å². The van der Waals surface area contributed by atoms with Gasteiger partial charge in [0.25, 0.3) is 0 Å². The maximum atomic E-state index is 12.8.